The van der Waals surface area contributed by atoms with Gasteiger partial charge in [-0.15, -0.1) is 0 Å². The number of amides is 1. The second-order valence-electron chi connectivity index (χ2n) is 2.87. The number of anilines is 2. The van der Waals surface area contributed by atoms with Gasteiger partial charge in [0, 0.05) is 6.20 Å². The van der Waals surface area contributed by atoms with Crippen molar-refractivity contribution in [1.82, 2.24) is 15.2 Å². The normalized spacial score (nSPS) is 9.87. The Morgan fingerprint density at radius 3 is 2.93 bits per heavy atom. The molecule has 6 nitrogen and oxygen atoms in total. The number of nitrogens with two attached hydrogens (primary N) is 1. The Morgan fingerprint density at radius 1 is 1.47 bits per heavy atom. The monoisotopic (exact) mass is 203 g/mol. The molecule has 0 saturated heterocycles. The van der Waals surface area contributed by atoms with E-state index in [1.165, 1.54) is 6.20 Å². The van der Waals surface area contributed by atoms with Crippen molar-refractivity contribution in [3.63, 3.8) is 0 Å². The summed E-state index contributed by atoms with van der Waals surface area (Å²) in [5.74, 6) is 0.0530. The first-order valence-electron chi connectivity index (χ1n) is 4.28. The number of nitrogens with one attached hydrogen (secondary N) is 2. The molecular weight excluding hydrogens is 194 g/mol. The highest BCUT2D eigenvalue weighted by Crippen LogP contribution is 2.12. The van der Waals surface area contributed by atoms with E-state index in [2.05, 4.69) is 20.5 Å². The van der Waals surface area contributed by atoms with E-state index in [1.54, 1.807) is 24.4 Å². The number of pyridine rings is 1. The van der Waals surface area contributed by atoms with Crippen molar-refractivity contribution in [2.75, 3.05) is 11.1 Å². The molecule has 0 fully saturated rings. The summed E-state index contributed by atoms with van der Waals surface area (Å²) in [5, 5.41) is 8.82. The summed E-state index contributed by atoms with van der Waals surface area (Å²) in [5.41, 5.74) is 6.25. The standard InChI is InChI=1S/C9H9N5O/c10-6-5-12-14-8(6)13-9(15)7-3-1-2-4-11-7/h1-5H,10H2,(H2,12,13,14,15). The molecular formula is C9H9N5O. The Morgan fingerprint density at radius 2 is 2.33 bits per heavy atom. The molecule has 76 valence electrons. The van der Waals surface area contributed by atoms with Crippen molar-refractivity contribution >= 4 is 17.4 Å². The van der Waals surface area contributed by atoms with Crippen LogP contribution in [0.2, 0.25) is 0 Å². The van der Waals surface area contributed by atoms with Gasteiger partial charge in [0.15, 0.2) is 5.82 Å². The minimum Gasteiger partial charge on any atom is -0.394 e. The molecule has 0 saturated carbocycles. The first-order valence-corrected chi connectivity index (χ1v) is 4.28. The first-order chi connectivity index (χ1) is 7.27. The maximum absolute atomic E-state index is 11.6. The molecule has 6 heteroatoms. The number of aromatic nitrogens is 3. The molecule has 15 heavy (non-hydrogen) atoms. The summed E-state index contributed by atoms with van der Waals surface area (Å²) in [6.45, 7) is 0. The summed E-state index contributed by atoms with van der Waals surface area (Å²) in [6.07, 6.45) is 2.97. The molecule has 0 radical (unpaired) electrons. The van der Waals surface area contributed by atoms with Crippen LogP contribution >= 0.6 is 0 Å². The summed E-state index contributed by atoms with van der Waals surface area (Å²) >= 11 is 0. The number of hydrogen-bond donors (Lipinski definition) is 3. The Bertz CT molecular complexity index is 464. The maximum atomic E-state index is 11.6. The molecule has 0 atom stereocenters. The molecule has 0 unspecified atom stereocenters. The minimum absolute atomic E-state index is 0.325. The lowest BCUT2D eigenvalue weighted by Gasteiger charge is -2.01. The number of aromatic amines is 1. The van der Waals surface area contributed by atoms with E-state index in [-0.39, 0.29) is 5.91 Å². The fourth-order valence-electron chi connectivity index (χ4n) is 1.07. The molecule has 0 spiro atoms. The van der Waals surface area contributed by atoms with Crippen LogP contribution in [0.25, 0.3) is 0 Å². The third kappa shape index (κ3) is 1.93. The van der Waals surface area contributed by atoms with Gasteiger partial charge < -0.3 is 11.1 Å². The predicted octanol–water partition coefficient (Wildman–Crippen LogP) is 0.639. The lowest BCUT2D eigenvalue weighted by atomic mass is 10.3. The van der Waals surface area contributed by atoms with Gasteiger partial charge in [0.05, 0.1) is 11.9 Å². The van der Waals surface area contributed by atoms with Crippen LogP contribution in [-0.2, 0) is 0 Å². The third-order valence-corrected chi connectivity index (χ3v) is 1.80. The van der Waals surface area contributed by atoms with Crippen LogP contribution in [0.15, 0.2) is 30.6 Å². The second kappa shape index (κ2) is 3.79. The number of rotatable bonds is 2. The molecule has 2 heterocycles. The van der Waals surface area contributed by atoms with Crippen molar-refractivity contribution in [2.24, 2.45) is 0 Å². The Labute approximate surface area is 85.5 Å². The van der Waals surface area contributed by atoms with Gasteiger partial charge in [0.2, 0.25) is 0 Å². The van der Waals surface area contributed by atoms with Gasteiger partial charge in [-0.05, 0) is 12.1 Å². The van der Waals surface area contributed by atoms with Crippen molar-refractivity contribution in [2.45, 2.75) is 0 Å². The average Bonchev–Trinajstić information content (AvgIpc) is 2.66. The third-order valence-electron chi connectivity index (χ3n) is 1.80. The molecule has 2 aromatic rings. The van der Waals surface area contributed by atoms with E-state index in [1.807, 2.05) is 0 Å². The van der Waals surface area contributed by atoms with E-state index < -0.39 is 0 Å². The van der Waals surface area contributed by atoms with Gasteiger partial charge in [-0.2, -0.15) is 5.10 Å². The van der Waals surface area contributed by atoms with Gasteiger partial charge >= 0.3 is 0 Å². The fraction of sp³-hybridized carbons (Fsp3) is 0. The molecule has 0 aliphatic carbocycles. The van der Waals surface area contributed by atoms with Crippen LogP contribution in [0.1, 0.15) is 10.5 Å². The van der Waals surface area contributed by atoms with E-state index in [4.69, 9.17) is 5.73 Å². The Kier molecular flexibility index (Phi) is 2.32. The predicted molar refractivity (Wildman–Crippen MR) is 55.2 cm³/mol. The smallest absolute Gasteiger partial charge is 0.275 e. The highest BCUT2D eigenvalue weighted by molar-refractivity contribution is 6.03. The lowest BCUT2D eigenvalue weighted by Crippen LogP contribution is -2.14. The van der Waals surface area contributed by atoms with E-state index in [9.17, 15) is 4.79 Å². The van der Waals surface area contributed by atoms with Gasteiger partial charge in [-0.3, -0.25) is 14.9 Å². The maximum Gasteiger partial charge on any atom is 0.275 e. The molecule has 0 aromatic carbocycles. The van der Waals surface area contributed by atoms with Crippen molar-refractivity contribution in [3.8, 4) is 0 Å². The Balaban J connectivity index is 2.15. The summed E-state index contributed by atoms with van der Waals surface area (Å²) in [6, 6.07) is 5.08. The number of carbonyl (C=O) groups excluding carboxylic acids is 1. The van der Waals surface area contributed by atoms with Crippen LogP contribution < -0.4 is 11.1 Å². The van der Waals surface area contributed by atoms with Crippen LogP contribution in [0.5, 0.6) is 0 Å². The van der Waals surface area contributed by atoms with Crippen LogP contribution in [0.4, 0.5) is 11.5 Å². The number of carbonyl (C=O) groups is 1. The first kappa shape index (κ1) is 9.20. The molecule has 2 rings (SSSR count). The summed E-state index contributed by atoms with van der Waals surface area (Å²) in [4.78, 5) is 15.5. The van der Waals surface area contributed by atoms with Crippen molar-refractivity contribution in [1.29, 1.82) is 0 Å². The zero-order valence-corrected chi connectivity index (χ0v) is 7.77. The molecule has 0 bridgehead atoms. The number of nitrogen functional groups attached to an aromatic ring is 1. The van der Waals surface area contributed by atoms with Crippen molar-refractivity contribution in [3.05, 3.63) is 36.3 Å². The quantitative estimate of drug-likeness (QED) is 0.667. The second-order valence-corrected chi connectivity index (χ2v) is 2.87. The number of nitrogens with zero attached hydrogens (tertiary/aromatic N) is 2. The van der Waals surface area contributed by atoms with Crippen LogP contribution in [0, 0.1) is 0 Å². The van der Waals surface area contributed by atoms with E-state index >= 15 is 0 Å². The van der Waals surface area contributed by atoms with E-state index in [0.717, 1.165) is 0 Å². The summed E-state index contributed by atoms with van der Waals surface area (Å²) < 4.78 is 0. The fourth-order valence-corrected chi connectivity index (χ4v) is 1.07. The Hall–Kier alpha value is -2.37. The van der Waals surface area contributed by atoms with Gasteiger partial charge in [0.1, 0.15) is 5.69 Å². The average molecular weight is 203 g/mol. The summed E-state index contributed by atoms with van der Waals surface area (Å²) in [7, 11) is 0. The molecule has 4 N–H and O–H groups in total. The van der Waals surface area contributed by atoms with Gasteiger partial charge in [0.25, 0.3) is 5.91 Å². The number of hydrogen-bond acceptors (Lipinski definition) is 4. The highest BCUT2D eigenvalue weighted by atomic mass is 16.1. The zero-order chi connectivity index (χ0) is 10.7. The van der Waals surface area contributed by atoms with Crippen LogP contribution in [-0.4, -0.2) is 21.1 Å². The van der Waals surface area contributed by atoms with Gasteiger partial charge in [-0.25, -0.2) is 0 Å². The zero-order valence-electron chi connectivity index (χ0n) is 7.77. The minimum atomic E-state index is -0.327. The van der Waals surface area contributed by atoms with E-state index in [0.29, 0.717) is 17.2 Å². The molecule has 0 aliphatic rings. The largest absolute Gasteiger partial charge is 0.394 e. The van der Waals surface area contributed by atoms with Crippen LogP contribution in [0.3, 0.4) is 0 Å². The lowest BCUT2D eigenvalue weighted by molar-refractivity contribution is 0.102. The highest BCUT2D eigenvalue weighted by Gasteiger charge is 2.09. The topological polar surface area (TPSA) is 96.7 Å². The van der Waals surface area contributed by atoms with Gasteiger partial charge in [-0.1, -0.05) is 6.07 Å². The molecule has 0 aliphatic heterocycles. The molecule has 1 amide bonds. The number of H-pyrrole nitrogens is 1. The SMILES string of the molecule is Nc1cn[nH]c1NC(=O)c1ccccn1. The van der Waals surface area contributed by atoms with Crippen molar-refractivity contribution < 1.29 is 4.79 Å². The molecule has 2 aromatic heterocycles.